The van der Waals surface area contributed by atoms with Crippen molar-refractivity contribution in [2.75, 3.05) is 0 Å². The van der Waals surface area contributed by atoms with Gasteiger partial charge in [0.05, 0.1) is 0 Å². The Morgan fingerprint density at radius 1 is 1.15 bits per heavy atom. The lowest BCUT2D eigenvalue weighted by atomic mass is 10.2. The van der Waals surface area contributed by atoms with Crippen LogP contribution in [0.1, 0.15) is 5.56 Å². The number of hydrogen-bond donors (Lipinski definition) is 0. The summed E-state index contributed by atoms with van der Waals surface area (Å²) < 4.78 is 0. The van der Waals surface area contributed by atoms with Gasteiger partial charge in [-0.3, -0.25) is 0 Å². The van der Waals surface area contributed by atoms with Gasteiger partial charge in [0.15, 0.2) is 0 Å². The average Bonchev–Trinajstić information content (AvgIpc) is 2.02. The normalized spacial score (nSPS) is 11.7. The van der Waals surface area contributed by atoms with Crippen LogP contribution in [0.25, 0.3) is 0 Å². The molecule has 0 N–H and O–H groups in total. The van der Waals surface area contributed by atoms with Gasteiger partial charge in [-0.1, -0.05) is 23.7 Å². The first-order chi connectivity index (χ1) is 5.97. The van der Waals surface area contributed by atoms with Crippen LogP contribution >= 0.6 is 33.8 Å². The molecule has 0 nitrogen and oxygen atoms in total. The van der Waals surface area contributed by atoms with Crippen LogP contribution in [0.5, 0.6) is 0 Å². The van der Waals surface area contributed by atoms with Gasteiger partial charge in [0.2, 0.25) is 6.69 Å². The van der Waals surface area contributed by atoms with Gasteiger partial charge in [-0.15, -0.1) is 22.2 Å². The lowest BCUT2D eigenvalue weighted by Gasteiger charge is -2.09. The molecule has 0 atom stereocenters. The quantitative estimate of drug-likeness (QED) is 0.552. The first-order valence-corrected chi connectivity index (χ1v) is 9.20. The summed E-state index contributed by atoms with van der Waals surface area (Å²) in [5.41, 5.74) is 1.24. The molecule has 13 heavy (non-hydrogen) atoms. The zero-order valence-electron chi connectivity index (χ0n) is 7.36. The van der Waals surface area contributed by atoms with Crippen molar-refractivity contribution in [2.24, 2.45) is 0 Å². The van der Waals surface area contributed by atoms with Gasteiger partial charge in [-0.25, -0.2) is 0 Å². The minimum Gasteiger partial charge on any atom is -0.146 e. The monoisotopic (exact) mass is 252 g/mol. The van der Waals surface area contributed by atoms with Crippen LogP contribution in [-0.4, -0.2) is 6.69 Å². The van der Waals surface area contributed by atoms with Crippen molar-refractivity contribution in [1.82, 2.24) is 0 Å². The highest BCUT2D eigenvalue weighted by atomic mass is 35.7. The third-order valence-electron chi connectivity index (χ3n) is 1.77. The van der Waals surface area contributed by atoms with Gasteiger partial charge in [0, 0.05) is 5.02 Å². The largest absolute Gasteiger partial charge is 0.248 e. The molecule has 0 saturated heterocycles. The van der Waals surface area contributed by atoms with Crippen LogP contribution in [0.2, 0.25) is 17.6 Å². The van der Waals surface area contributed by atoms with Crippen LogP contribution in [0.4, 0.5) is 0 Å². The Morgan fingerprint density at radius 2 is 1.69 bits per heavy atom. The van der Waals surface area contributed by atoms with Crippen LogP contribution in [0, 0.1) is 0 Å². The SMILES string of the molecule is C[Si](Cl)(Cl)CCc1ccc(Cl)cc1. The standard InChI is InChI=1S/C9H11Cl3Si/c1-13(11,12)7-6-8-2-4-9(10)5-3-8/h2-5H,6-7H2,1H3. The summed E-state index contributed by atoms with van der Waals surface area (Å²) in [6.07, 6.45) is 0.937. The predicted octanol–water partition coefficient (Wildman–Crippen LogP) is 4.43. The maximum absolute atomic E-state index is 5.99. The highest BCUT2D eigenvalue weighted by molar-refractivity contribution is 7.44. The first-order valence-electron chi connectivity index (χ1n) is 4.10. The zero-order valence-corrected chi connectivity index (χ0v) is 10.6. The van der Waals surface area contributed by atoms with Crippen LogP contribution in [0.3, 0.4) is 0 Å². The summed E-state index contributed by atoms with van der Waals surface area (Å²) in [4.78, 5) is 0. The first kappa shape index (κ1) is 11.4. The van der Waals surface area contributed by atoms with Gasteiger partial charge in [0.1, 0.15) is 0 Å². The molecule has 0 unspecified atom stereocenters. The summed E-state index contributed by atoms with van der Waals surface area (Å²) in [5, 5.41) is 0.764. The number of benzene rings is 1. The molecule has 1 aromatic rings. The van der Waals surface area contributed by atoms with E-state index in [4.69, 9.17) is 33.8 Å². The fraction of sp³-hybridized carbons (Fsp3) is 0.333. The summed E-state index contributed by atoms with van der Waals surface area (Å²) in [5.74, 6) is 0. The molecule has 0 amide bonds. The Hall–Kier alpha value is 0.307. The average molecular weight is 254 g/mol. The fourth-order valence-corrected chi connectivity index (χ4v) is 2.44. The molecule has 0 fully saturated rings. The molecule has 72 valence electrons. The molecular formula is C9H11Cl3Si. The van der Waals surface area contributed by atoms with Crippen molar-refractivity contribution in [3.05, 3.63) is 34.9 Å². The van der Waals surface area contributed by atoms with Gasteiger partial charge >= 0.3 is 0 Å². The predicted molar refractivity (Wildman–Crippen MR) is 63.3 cm³/mol. The Labute approximate surface area is 94.2 Å². The molecule has 4 heteroatoms. The minimum absolute atomic E-state index is 0.764. The Bertz CT molecular complexity index is 263. The second kappa shape index (κ2) is 4.69. The molecule has 0 bridgehead atoms. The van der Waals surface area contributed by atoms with E-state index in [9.17, 15) is 0 Å². The molecule has 0 radical (unpaired) electrons. The van der Waals surface area contributed by atoms with E-state index in [1.165, 1.54) is 5.56 Å². The third-order valence-corrected chi connectivity index (χ3v) is 4.28. The van der Waals surface area contributed by atoms with E-state index < -0.39 is 6.69 Å². The Kier molecular flexibility index (Phi) is 4.11. The molecule has 0 aromatic heterocycles. The highest BCUT2D eigenvalue weighted by Crippen LogP contribution is 2.22. The molecule has 0 aliphatic rings. The van der Waals surface area contributed by atoms with Gasteiger partial charge in [-0.2, -0.15) is 0 Å². The van der Waals surface area contributed by atoms with E-state index in [0.717, 1.165) is 17.5 Å². The molecule has 0 aliphatic carbocycles. The molecule has 0 aliphatic heterocycles. The highest BCUT2D eigenvalue weighted by Gasteiger charge is 2.19. The lowest BCUT2D eigenvalue weighted by molar-refractivity contribution is 1.12. The second-order valence-corrected chi connectivity index (χ2v) is 11.9. The van der Waals surface area contributed by atoms with Crippen LogP contribution in [-0.2, 0) is 6.42 Å². The maximum Gasteiger partial charge on any atom is 0.248 e. The molecular weight excluding hydrogens is 243 g/mol. The van der Waals surface area contributed by atoms with Crippen LogP contribution < -0.4 is 0 Å². The van der Waals surface area contributed by atoms with Crippen molar-refractivity contribution in [3.8, 4) is 0 Å². The lowest BCUT2D eigenvalue weighted by Crippen LogP contribution is -2.13. The molecule has 0 heterocycles. The topological polar surface area (TPSA) is 0 Å². The molecule has 0 spiro atoms. The Balaban J connectivity index is 2.51. The van der Waals surface area contributed by atoms with Crippen molar-refractivity contribution < 1.29 is 0 Å². The van der Waals surface area contributed by atoms with E-state index in [-0.39, 0.29) is 0 Å². The maximum atomic E-state index is 5.99. The minimum atomic E-state index is -1.94. The number of halogens is 3. The van der Waals surface area contributed by atoms with E-state index in [1.54, 1.807) is 0 Å². The van der Waals surface area contributed by atoms with E-state index in [1.807, 2.05) is 30.8 Å². The summed E-state index contributed by atoms with van der Waals surface area (Å²) in [6, 6.07) is 8.68. The summed E-state index contributed by atoms with van der Waals surface area (Å²) >= 11 is 17.7. The second-order valence-electron chi connectivity index (χ2n) is 3.20. The molecule has 1 rings (SSSR count). The van der Waals surface area contributed by atoms with E-state index >= 15 is 0 Å². The summed E-state index contributed by atoms with van der Waals surface area (Å²) in [7, 11) is 0. The smallest absolute Gasteiger partial charge is 0.146 e. The number of rotatable bonds is 3. The van der Waals surface area contributed by atoms with E-state index in [0.29, 0.717) is 0 Å². The van der Waals surface area contributed by atoms with Gasteiger partial charge < -0.3 is 0 Å². The van der Waals surface area contributed by atoms with Crippen molar-refractivity contribution >= 4 is 40.5 Å². The van der Waals surface area contributed by atoms with Crippen molar-refractivity contribution in [3.63, 3.8) is 0 Å². The van der Waals surface area contributed by atoms with Crippen LogP contribution in [0.15, 0.2) is 24.3 Å². The van der Waals surface area contributed by atoms with Gasteiger partial charge in [-0.05, 0) is 36.7 Å². The number of aryl methyl sites for hydroxylation is 1. The van der Waals surface area contributed by atoms with Gasteiger partial charge in [0.25, 0.3) is 0 Å². The molecule has 1 aromatic carbocycles. The summed E-state index contributed by atoms with van der Waals surface area (Å²) in [6.45, 7) is -0.00560. The number of hydrogen-bond acceptors (Lipinski definition) is 0. The van der Waals surface area contributed by atoms with Crippen molar-refractivity contribution in [1.29, 1.82) is 0 Å². The Morgan fingerprint density at radius 3 is 2.15 bits per heavy atom. The van der Waals surface area contributed by atoms with E-state index in [2.05, 4.69) is 0 Å². The third kappa shape index (κ3) is 4.92. The van der Waals surface area contributed by atoms with Crippen molar-refractivity contribution in [2.45, 2.75) is 19.0 Å². The zero-order chi connectivity index (χ0) is 9.90. The molecule has 0 saturated carbocycles. The fourth-order valence-electron chi connectivity index (χ4n) is 1.01.